The van der Waals surface area contributed by atoms with E-state index in [1.54, 1.807) is 11.8 Å². The van der Waals surface area contributed by atoms with Crippen molar-refractivity contribution in [3.63, 3.8) is 0 Å². The molecule has 1 fully saturated rings. The van der Waals surface area contributed by atoms with Crippen LogP contribution < -0.4 is 10.2 Å². The maximum Gasteiger partial charge on any atom is 0.254 e. The van der Waals surface area contributed by atoms with Crippen molar-refractivity contribution in [2.45, 2.75) is 38.1 Å². The molecule has 0 saturated carbocycles. The van der Waals surface area contributed by atoms with Gasteiger partial charge in [-0.2, -0.15) is 5.26 Å². The minimum absolute atomic E-state index is 0.0774. The van der Waals surface area contributed by atoms with E-state index in [1.807, 2.05) is 13.0 Å². The molecule has 0 atom stereocenters. The fourth-order valence-electron chi connectivity index (χ4n) is 2.72. The van der Waals surface area contributed by atoms with Crippen LogP contribution in [0.2, 0.25) is 0 Å². The summed E-state index contributed by atoms with van der Waals surface area (Å²) in [5.74, 6) is 1.70. The lowest BCUT2D eigenvalue weighted by Crippen LogP contribution is -2.37. The molecule has 7 heteroatoms. The summed E-state index contributed by atoms with van der Waals surface area (Å²) in [5, 5.41) is 12.3. The molecule has 25 heavy (non-hydrogen) atoms. The van der Waals surface area contributed by atoms with Gasteiger partial charge in [-0.15, -0.1) is 11.8 Å². The lowest BCUT2D eigenvalue weighted by Gasteiger charge is -2.28. The normalized spacial score (nSPS) is 14.2. The van der Waals surface area contributed by atoms with Crippen LogP contribution in [0.25, 0.3) is 0 Å². The molecule has 1 aromatic rings. The molecule has 1 amide bonds. The molecule has 0 spiro atoms. The summed E-state index contributed by atoms with van der Waals surface area (Å²) in [4.78, 5) is 19.6. The zero-order valence-electron chi connectivity index (χ0n) is 15.0. The molecule has 2 rings (SSSR count). The Kier molecular flexibility index (Phi) is 8.02. The molecule has 2 heterocycles. The van der Waals surface area contributed by atoms with Crippen LogP contribution in [0.15, 0.2) is 11.1 Å². The number of anilines is 1. The molecule has 0 unspecified atom stereocenters. The highest BCUT2D eigenvalue weighted by atomic mass is 32.2. The largest absolute Gasteiger partial charge is 0.378 e. The van der Waals surface area contributed by atoms with Crippen LogP contribution >= 0.6 is 11.8 Å². The van der Waals surface area contributed by atoms with Crippen LogP contribution in [0, 0.1) is 18.3 Å². The number of nitrogens with zero attached hydrogens (tertiary/aromatic N) is 3. The second kappa shape index (κ2) is 10.3. The van der Waals surface area contributed by atoms with E-state index in [0.717, 1.165) is 48.1 Å². The van der Waals surface area contributed by atoms with E-state index in [0.29, 0.717) is 31.7 Å². The van der Waals surface area contributed by atoms with Gasteiger partial charge < -0.3 is 15.0 Å². The van der Waals surface area contributed by atoms with Crippen molar-refractivity contribution in [2.75, 3.05) is 43.5 Å². The van der Waals surface area contributed by atoms with Gasteiger partial charge in [-0.3, -0.25) is 4.79 Å². The standard InChI is InChI=1S/C18H26N4O2S/c1-3-25-18-16(17(23)20-8-6-4-5-7-19)14(2)13-15(21-18)22-9-11-24-12-10-22/h13H,3-6,8-12H2,1-2H3,(H,20,23). The fraction of sp³-hybridized carbons (Fsp3) is 0.611. The number of carbonyl (C=O) groups excluding carboxylic acids is 1. The number of unbranched alkanes of at least 4 members (excludes halogenated alkanes) is 2. The molecule has 1 aliphatic rings. The van der Waals surface area contributed by atoms with Crippen LogP contribution in [0.5, 0.6) is 0 Å². The zero-order valence-corrected chi connectivity index (χ0v) is 15.8. The zero-order chi connectivity index (χ0) is 18.1. The van der Waals surface area contributed by atoms with Crippen molar-refractivity contribution in [1.29, 1.82) is 5.26 Å². The van der Waals surface area contributed by atoms with Crippen molar-refractivity contribution in [2.24, 2.45) is 0 Å². The summed E-state index contributed by atoms with van der Waals surface area (Å²) in [7, 11) is 0. The van der Waals surface area contributed by atoms with Crippen molar-refractivity contribution < 1.29 is 9.53 Å². The SMILES string of the molecule is CCSc1nc(N2CCOCC2)cc(C)c1C(=O)NCCCCC#N. The molecule has 1 aromatic heterocycles. The fourth-order valence-corrected chi connectivity index (χ4v) is 3.55. The maximum atomic E-state index is 12.6. The first kappa shape index (κ1) is 19.5. The number of ether oxygens (including phenoxy) is 1. The number of aryl methyl sites for hydroxylation is 1. The summed E-state index contributed by atoms with van der Waals surface area (Å²) in [5.41, 5.74) is 1.62. The number of nitriles is 1. The van der Waals surface area contributed by atoms with E-state index >= 15 is 0 Å². The third-order valence-corrected chi connectivity index (χ3v) is 4.87. The Hall–Kier alpha value is -1.78. The first-order chi connectivity index (χ1) is 12.2. The van der Waals surface area contributed by atoms with Crippen LogP contribution in [0.4, 0.5) is 5.82 Å². The average Bonchev–Trinajstić information content (AvgIpc) is 2.62. The molecule has 0 radical (unpaired) electrons. The number of nitrogens with one attached hydrogen (secondary N) is 1. The molecule has 1 saturated heterocycles. The lowest BCUT2D eigenvalue weighted by molar-refractivity contribution is 0.0948. The molecule has 0 aromatic carbocycles. The van der Waals surface area contributed by atoms with Gasteiger partial charge in [-0.25, -0.2) is 4.98 Å². The molecule has 1 aliphatic heterocycles. The first-order valence-electron chi connectivity index (χ1n) is 8.79. The van der Waals surface area contributed by atoms with E-state index in [9.17, 15) is 4.79 Å². The van der Waals surface area contributed by atoms with Crippen molar-refractivity contribution in [3.05, 3.63) is 17.2 Å². The minimum Gasteiger partial charge on any atom is -0.378 e. The number of hydrogen-bond donors (Lipinski definition) is 1. The second-order valence-electron chi connectivity index (χ2n) is 5.88. The number of rotatable bonds is 8. The number of hydrogen-bond acceptors (Lipinski definition) is 6. The lowest BCUT2D eigenvalue weighted by atomic mass is 10.1. The summed E-state index contributed by atoms with van der Waals surface area (Å²) in [6.07, 6.45) is 2.15. The van der Waals surface area contributed by atoms with Gasteiger partial charge in [0, 0.05) is 26.1 Å². The Balaban J connectivity index is 2.13. The van der Waals surface area contributed by atoms with Crippen molar-refractivity contribution >= 4 is 23.5 Å². The highest BCUT2D eigenvalue weighted by molar-refractivity contribution is 7.99. The summed E-state index contributed by atoms with van der Waals surface area (Å²) >= 11 is 1.60. The number of carbonyl (C=O) groups is 1. The van der Waals surface area contributed by atoms with Gasteiger partial charge in [0.1, 0.15) is 10.8 Å². The number of amides is 1. The molecule has 1 N–H and O–H groups in total. The van der Waals surface area contributed by atoms with Crippen LogP contribution in [-0.4, -0.2) is 49.5 Å². The van der Waals surface area contributed by atoms with Gasteiger partial charge in [0.15, 0.2) is 0 Å². The molecule has 0 bridgehead atoms. The molecule has 136 valence electrons. The molecule has 6 nitrogen and oxygen atoms in total. The summed E-state index contributed by atoms with van der Waals surface area (Å²) in [6, 6.07) is 4.12. The average molecular weight is 362 g/mol. The first-order valence-corrected chi connectivity index (χ1v) is 9.78. The van der Waals surface area contributed by atoms with E-state index < -0.39 is 0 Å². The summed E-state index contributed by atoms with van der Waals surface area (Å²) < 4.78 is 5.40. The van der Waals surface area contributed by atoms with Gasteiger partial charge in [-0.1, -0.05) is 6.92 Å². The monoisotopic (exact) mass is 362 g/mol. The van der Waals surface area contributed by atoms with Gasteiger partial charge >= 0.3 is 0 Å². The predicted molar refractivity (Wildman–Crippen MR) is 100 cm³/mol. The van der Waals surface area contributed by atoms with E-state index in [4.69, 9.17) is 15.0 Å². The Morgan fingerprint density at radius 1 is 1.44 bits per heavy atom. The molecular formula is C18H26N4O2S. The second-order valence-corrected chi connectivity index (χ2v) is 7.13. The smallest absolute Gasteiger partial charge is 0.254 e. The Morgan fingerprint density at radius 3 is 2.88 bits per heavy atom. The van der Waals surface area contributed by atoms with Crippen molar-refractivity contribution in [1.82, 2.24) is 10.3 Å². The minimum atomic E-state index is -0.0774. The van der Waals surface area contributed by atoms with Crippen LogP contribution in [0.3, 0.4) is 0 Å². The predicted octanol–water partition coefficient (Wildman–Crippen LogP) is 2.76. The topological polar surface area (TPSA) is 78.2 Å². The Labute approximate surface area is 153 Å². The number of pyridine rings is 1. The van der Waals surface area contributed by atoms with Gasteiger partial charge in [0.2, 0.25) is 0 Å². The van der Waals surface area contributed by atoms with E-state index in [1.165, 1.54) is 0 Å². The molecular weight excluding hydrogens is 336 g/mol. The summed E-state index contributed by atoms with van der Waals surface area (Å²) in [6.45, 7) is 7.69. The van der Waals surface area contributed by atoms with Gasteiger partial charge in [0.05, 0.1) is 24.8 Å². The highest BCUT2D eigenvalue weighted by Crippen LogP contribution is 2.27. The van der Waals surface area contributed by atoms with Crippen molar-refractivity contribution in [3.8, 4) is 6.07 Å². The van der Waals surface area contributed by atoms with E-state index in [2.05, 4.69) is 23.2 Å². The van der Waals surface area contributed by atoms with Crippen LogP contribution in [-0.2, 0) is 4.74 Å². The number of aromatic nitrogens is 1. The van der Waals surface area contributed by atoms with E-state index in [-0.39, 0.29) is 5.91 Å². The number of morpholine rings is 1. The Bertz CT molecular complexity index is 624. The quantitative estimate of drug-likeness (QED) is 0.566. The Morgan fingerprint density at radius 2 is 2.20 bits per heavy atom. The maximum absolute atomic E-state index is 12.6. The van der Waals surface area contributed by atoms with Gasteiger partial charge in [0.25, 0.3) is 5.91 Å². The van der Waals surface area contributed by atoms with Crippen LogP contribution in [0.1, 0.15) is 42.1 Å². The third kappa shape index (κ3) is 5.62. The van der Waals surface area contributed by atoms with Gasteiger partial charge in [-0.05, 0) is 37.1 Å². The number of thioether (sulfide) groups is 1. The highest BCUT2D eigenvalue weighted by Gasteiger charge is 2.20. The third-order valence-electron chi connectivity index (χ3n) is 4.01. The molecule has 0 aliphatic carbocycles.